The van der Waals surface area contributed by atoms with Crippen LogP contribution in [0.1, 0.15) is 37.5 Å². The van der Waals surface area contributed by atoms with Gasteiger partial charge in [-0.3, -0.25) is 0 Å². The molecule has 0 bridgehead atoms. The fourth-order valence-corrected chi connectivity index (χ4v) is 2.26. The molecule has 0 spiro atoms. The summed E-state index contributed by atoms with van der Waals surface area (Å²) in [4.78, 5) is 0. The largest absolute Gasteiger partial charge is 0.468 e. The lowest BCUT2D eigenvalue weighted by atomic mass is 10.1. The van der Waals surface area contributed by atoms with Gasteiger partial charge in [0, 0.05) is 6.04 Å². The molecule has 2 heteroatoms. The Balaban J connectivity index is 1.85. The van der Waals surface area contributed by atoms with E-state index in [9.17, 15) is 0 Å². The topological polar surface area (TPSA) is 25.2 Å². The molecule has 0 radical (unpaired) electrons. The summed E-state index contributed by atoms with van der Waals surface area (Å²) in [6.07, 6.45) is 5.83. The Hall–Kier alpha value is -0.760. The van der Waals surface area contributed by atoms with E-state index in [2.05, 4.69) is 19.2 Å². The third-order valence-electron chi connectivity index (χ3n) is 3.35. The maximum Gasteiger partial charge on any atom is 0.120 e. The van der Waals surface area contributed by atoms with Crippen molar-refractivity contribution in [3.05, 3.63) is 23.7 Å². The molecule has 0 aromatic carbocycles. The lowest BCUT2D eigenvalue weighted by molar-refractivity contribution is 0.394. The van der Waals surface area contributed by atoms with Crippen LogP contribution in [0.25, 0.3) is 0 Å². The molecule has 1 fully saturated rings. The minimum atomic E-state index is 0.694. The van der Waals surface area contributed by atoms with Gasteiger partial charge in [0.1, 0.15) is 5.76 Å². The highest BCUT2D eigenvalue weighted by Gasteiger charge is 2.22. The predicted octanol–water partition coefficient (Wildman–Crippen LogP) is 2.87. The van der Waals surface area contributed by atoms with E-state index in [1.807, 2.05) is 6.07 Å². The molecule has 0 amide bonds. The molecule has 1 saturated carbocycles. The third-order valence-corrected chi connectivity index (χ3v) is 3.35. The summed E-state index contributed by atoms with van der Waals surface area (Å²) in [5.41, 5.74) is 1.25. The Bertz CT molecular complexity index is 292. The van der Waals surface area contributed by atoms with E-state index < -0.39 is 0 Å². The number of nitrogens with one attached hydrogen (secondary N) is 1. The van der Waals surface area contributed by atoms with Crippen molar-refractivity contribution in [1.82, 2.24) is 5.32 Å². The summed E-state index contributed by atoms with van der Waals surface area (Å²) in [5.74, 6) is 1.91. The first-order valence-corrected chi connectivity index (χ1v) is 5.53. The molecular weight excluding hydrogens is 174 g/mol. The second kappa shape index (κ2) is 4.18. The van der Waals surface area contributed by atoms with Crippen molar-refractivity contribution in [2.24, 2.45) is 5.92 Å². The minimum absolute atomic E-state index is 0.694. The van der Waals surface area contributed by atoms with Crippen LogP contribution in [0.2, 0.25) is 0 Å². The minimum Gasteiger partial charge on any atom is -0.468 e. The van der Waals surface area contributed by atoms with Crippen LogP contribution in [0.3, 0.4) is 0 Å². The average Bonchev–Trinajstić information content (AvgIpc) is 2.72. The summed E-state index contributed by atoms with van der Waals surface area (Å²) >= 11 is 0. The van der Waals surface area contributed by atoms with Gasteiger partial charge in [0.15, 0.2) is 0 Å². The highest BCUT2D eigenvalue weighted by molar-refractivity contribution is 5.14. The van der Waals surface area contributed by atoms with Gasteiger partial charge in [-0.15, -0.1) is 0 Å². The molecule has 2 unspecified atom stereocenters. The van der Waals surface area contributed by atoms with Crippen molar-refractivity contribution < 1.29 is 4.42 Å². The van der Waals surface area contributed by atoms with Crippen molar-refractivity contribution in [2.45, 2.75) is 45.7 Å². The molecule has 1 aromatic heterocycles. The quantitative estimate of drug-likeness (QED) is 0.798. The maximum absolute atomic E-state index is 5.40. The van der Waals surface area contributed by atoms with Crippen LogP contribution in [-0.4, -0.2) is 6.04 Å². The molecule has 78 valence electrons. The van der Waals surface area contributed by atoms with Gasteiger partial charge in [0.05, 0.1) is 12.8 Å². The highest BCUT2D eigenvalue weighted by atomic mass is 16.3. The lowest BCUT2D eigenvalue weighted by Crippen LogP contribution is -2.30. The molecular formula is C12H19NO. The first-order chi connectivity index (χ1) is 6.77. The lowest BCUT2D eigenvalue weighted by Gasteiger charge is -2.16. The van der Waals surface area contributed by atoms with Gasteiger partial charge in [-0.05, 0) is 37.3 Å². The Kier molecular flexibility index (Phi) is 2.92. The number of hydrogen-bond donors (Lipinski definition) is 1. The van der Waals surface area contributed by atoms with E-state index in [0.29, 0.717) is 6.04 Å². The van der Waals surface area contributed by atoms with Gasteiger partial charge in [-0.2, -0.15) is 0 Å². The Morgan fingerprint density at radius 2 is 2.36 bits per heavy atom. The second-order valence-electron chi connectivity index (χ2n) is 4.42. The van der Waals surface area contributed by atoms with Gasteiger partial charge < -0.3 is 9.73 Å². The molecule has 2 rings (SSSR count). The molecule has 0 saturated heterocycles. The molecule has 1 aromatic rings. The standard InChI is InChI=1S/C12H19NO/c1-9-4-3-5-11(9)13-8-12-10(2)6-7-14-12/h6-7,9,11,13H,3-5,8H2,1-2H3. The monoisotopic (exact) mass is 193 g/mol. The third kappa shape index (κ3) is 2.01. The van der Waals surface area contributed by atoms with Crippen molar-refractivity contribution >= 4 is 0 Å². The van der Waals surface area contributed by atoms with E-state index in [1.54, 1.807) is 6.26 Å². The van der Waals surface area contributed by atoms with E-state index in [1.165, 1.54) is 24.8 Å². The van der Waals surface area contributed by atoms with Crippen LogP contribution in [0.5, 0.6) is 0 Å². The molecule has 2 atom stereocenters. The van der Waals surface area contributed by atoms with Crippen LogP contribution in [0, 0.1) is 12.8 Å². The van der Waals surface area contributed by atoms with Crippen molar-refractivity contribution in [3.8, 4) is 0 Å². The fourth-order valence-electron chi connectivity index (χ4n) is 2.26. The smallest absolute Gasteiger partial charge is 0.120 e. The normalized spacial score (nSPS) is 27.0. The molecule has 1 N–H and O–H groups in total. The molecule has 1 aliphatic rings. The van der Waals surface area contributed by atoms with E-state index >= 15 is 0 Å². The first-order valence-electron chi connectivity index (χ1n) is 5.53. The van der Waals surface area contributed by atoms with Gasteiger partial charge in [-0.1, -0.05) is 13.3 Å². The molecule has 2 nitrogen and oxygen atoms in total. The first kappa shape index (κ1) is 9.78. The van der Waals surface area contributed by atoms with Crippen LogP contribution in [-0.2, 0) is 6.54 Å². The van der Waals surface area contributed by atoms with E-state index in [0.717, 1.165) is 18.2 Å². The zero-order chi connectivity index (χ0) is 9.97. The van der Waals surface area contributed by atoms with Gasteiger partial charge in [0.25, 0.3) is 0 Å². The van der Waals surface area contributed by atoms with Crippen molar-refractivity contribution in [2.75, 3.05) is 0 Å². The molecule has 1 aliphatic carbocycles. The summed E-state index contributed by atoms with van der Waals surface area (Å²) in [6, 6.07) is 2.72. The van der Waals surface area contributed by atoms with Crippen molar-refractivity contribution in [1.29, 1.82) is 0 Å². The summed E-state index contributed by atoms with van der Waals surface area (Å²) in [7, 11) is 0. The zero-order valence-corrected chi connectivity index (χ0v) is 9.05. The molecule has 1 heterocycles. The van der Waals surface area contributed by atoms with Gasteiger partial charge in [0.2, 0.25) is 0 Å². The number of rotatable bonds is 3. The zero-order valence-electron chi connectivity index (χ0n) is 9.05. The van der Waals surface area contributed by atoms with Crippen molar-refractivity contribution in [3.63, 3.8) is 0 Å². The van der Waals surface area contributed by atoms with Gasteiger partial charge in [-0.25, -0.2) is 0 Å². The average molecular weight is 193 g/mol. The number of hydrogen-bond acceptors (Lipinski definition) is 2. The summed E-state index contributed by atoms with van der Waals surface area (Å²) < 4.78 is 5.40. The molecule has 0 aliphatic heterocycles. The number of aryl methyl sites for hydroxylation is 1. The SMILES string of the molecule is Cc1ccoc1CNC1CCCC1C. The van der Waals surface area contributed by atoms with E-state index in [4.69, 9.17) is 4.42 Å². The fraction of sp³-hybridized carbons (Fsp3) is 0.667. The Labute approximate surface area is 85.7 Å². The summed E-state index contributed by atoms with van der Waals surface area (Å²) in [5, 5.41) is 3.58. The second-order valence-corrected chi connectivity index (χ2v) is 4.42. The predicted molar refractivity (Wildman–Crippen MR) is 57.1 cm³/mol. The Morgan fingerprint density at radius 1 is 1.50 bits per heavy atom. The Morgan fingerprint density at radius 3 is 2.93 bits per heavy atom. The van der Waals surface area contributed by atoms with E-state index in [-0.39, 0.29) is 0 Å². The van der Waals surface area contributed by atoms with Crippen LogP contribution < -0.4 is 5.32 Å². The van der Waals surface area contributed by atoms with Gasteiger partial charge >= 0.3 is 0 Å². The van der Waals surface area contributed by atoms with Crippen LogP contribution in [0.4, 0.5) is 0 Å². The maximum atomic E-state index is 5.40. The van der Waals surface area contributed by atoms with Crippen LogP contribution in [0.15, 0.2) is 16.7 Å². The highest BCUT2D eigenvalue weighted by Crippen LogP contribution is 2.25. The van der Waals surface area contributed by atoms with Crippen LogP contribution >= 0.6 is 0 Å². The number of furan rings is 1. The molecule has 14 heavy (non-hydrogen) atoms. The summed E-state index contributed by atoms with van der Waals surface area (Å²) in [6.45, 7) is 5.31.